The highest BCUT2D eigenvalue weighted by Gasteiger charge is 2.20. The normalized spacial score (nSPS) is 11.3. The van der Waals surface area contributed by atoms with Crippen LogP contribution < -0.4 is 0 Å². The van der Waals surface area contributed by atoms with Crippen molar-refractivity contribution in [2.75, 3.05) is 0 Å². The van der Waals surface area contributed by atoms with Crippen molar-refractivity contribution in [2.24, 2.45) is 0 Å². The molecule has 0 amide bonds. The first-order valence-electron chi connectivity index (χ1n) is 11.8. The summed E-state index contributed by atoms with van der Waals surface area (Å²) < 4.78 is 8.16. The number of benzene rings is 2. The van der Waals surface area contributed by atoms with Gasteiger partial charge in [0.1, 0.15) is 11.5 Å². The number of halogens is 1. The van der Waals surface area contributed by atoms with Gasteiger partial charge < -0.3 is 9.52 Å². The third-order valence-corrected chi connectivity index (χ3v) is 6.74. The van der Waals surface area contributed by atoms with Crippen molar-refractivity contribution >= 4 is 49.5 Å². The molecule has 38 heavy (non-hydrogen) atoms. The molecule has 186 valence electrons. The zero-order valence-corrected chi connectivity index (χ0v) is 21.4. The molecule has 0 radical (unpaired) electrons. The number of carbonyl (C=O) groups is 2. The second-order valence-electron chi connectivity index (χ2n) is 8.69. The number of carboxylic acids is 1. The van der Waals surface area contributed by atoms with E-state index in [0.717, 1.165) is 26.7 Å². The maximum atomic E-state index is 13.0. The third kappa shape index (κ3) is 4.37. The molecule has 0 spiro atoms. The van der Waals surface area contributed by atoms with Crippen LogP contribution in [0.4, 0.5) is 0 Å². The molecule has 1 N–H and O–H groups in total. The quantitative estimate of drug-likeness (QED) is 0.214. The van der Waals surface area contributed by atoms with Gasteiger partial charge in [0.2, 0.25) is 5.95 Å². The Morgan fingerprint density at radius 2 is 1.84 bits per heavy atom. The molecule has 8 nitrogen and oxygen atoms in total. The van der Waals surface area contributed by atoms with Crippen LogP contribution in [0, 0.1) is 0 Å². The number of hydrogen-bond acceptors (Lipinski definition) is 6. The summed E-state index contributed by atoms with van der Waals surface area (Å²) in [4.78, 5) is 38.4. The molecule has 0 aliphatic carbocycles. The van der Waals surface area contributed by atoms with Gasteiger partial charge >= 0.3 is 5.97 Å². The van der Waals surface area contributed by atoms with E-state index in [1.807, 2.05) is 66.7 Å². The molecule has 0 unspecified atom stereocenters. The van der Waals surface area contributed by atoms with E-state index in [2.05, 4.69) is 20.9 Å². The lowest BCUT2D eigenvalue weighted by molar-refractivity contribution is -0.136. The number of Topliss-reactive ketones (excluding diaryl/α,β-unsaturated/α-hetero) is 1. The number of carbonyl (C=O) groups excluding carboxylic acids is 1. The van der Waals surface area contributed by atoms with Crippen molar-refractivity contribution in [3.63, 3.8) is 0 Å². The van der Waals surface area contributed by atoms with Gasteiger partial charge in [-0.25, -0.2) is 9.97 Å². The van der Waals surface area contributed by atoms with Crippen molar-refractivity contribution in [3.8, 4) is 28.7 Å². The fourth-order valence-corrected chi connectivity index (χ4v) is 4.82. The van der Waals surface area contributed by atoms with Gasteiger partial charge in [0.05, 0.1) is 29.4 Å². The average molecular weight is 567 g/mol. The lowest BCUT2D eigenvalue weighted by Crippen LogP contribution is -2.04. The molecule has 0 atom stereocenters. The summed E-state index contributed by atoms with van der Waals surface area (Å²) in [5, 5.41) is 10.6. The molecule has 6 rings (SSSR count). The molecule has 0 saturated carbocycles. The largest absolute Gasteiger partial charge is 0.481 e. The fourth-order valence-electron chi connectivity index (χ4n) is 4.46. The Hall–Kier alpha value is -4.63. The van der Waals surface area contributed by atoms with E-state index in [1.165, 1.54) is 0 Å². The Kier molecular flexibility index (Phi) is 6.05. The highest BCUT2D eigenvalue weighted by atomic mass is 79.9. The first-order chi connectivity index (χ1) is 18.5. The molecule has 0 bridgehead atoms. The van der Waals surface area contributed by atoms with E-state index >= 15 is 0 Å². The molecule has 0 aliphatic heterocycles. The molecule has 0 fully saturated rings. The van der Waals surface area contributed by atoms with Gasteiger partial charge in [-0.15, -0.1) is 0 Å². The molecule has 0 aliphatic rings. The van der Waals surface area contributed by atoms with Crippen molar-refractivity contribution in [2.45, 2.75) is 12.8 Å². The zero-order chi connectivity index (χ0) is 26.2. The van der Waals surface area contributed by atoms with E-state index in [4.69, 9.17) is 19.5 Å². The first-order valence-corrected chi connectivity index (χ1v) is 12.6. The van der Waals surface area contributed by atoms with E-state index in [0.29, 0.717) is 33.8 Å². The third-order valence-electron chi connectivity index (χ3n) is 6.25. The van der Waals surface area contributed by atoms with Gasteiger partial charge in [-0.1, -0.05) is 22.0 Å². The average Bonchev–Trinajstić information content (AvgIpc) is 3.60. The Labute approximate surface area is 224 Å². The minimum Gasteiger partial charge on any atom is -0.481 e. The lowest BCUT2D eigenvalue weighted by Gasteiger charge is -2.11. The zero-order valence-electron chi connectivity index (χ0n) is 19.8. The van der Waals surface area contributed by atoms with Crippen molar-refractivity contribution in [3.05, 3.63) is 95.4 Å². The van der Waals surface area contributed by atoms with Crippen LogP contribution >= 0.6 is 15.9 Å². The minimum absolute atomic E-state index is 0.103. The number of aliphatic carboxylic acids is 1. The number of ketones is 1. The monoisotopic (exact) mass is 566 g/mol. The van der Waals surface area contributed by atoms with Crippen LogP contribution in [-0.2, 0) is 4.79 Å². The Morgan fingerprint density at radius 3 is 2.61 bits per heavy atom. The molecule has 4 heterocycles. The van der Waals surface area contributed by atoms with Gasteiger partial charge in [-0.2, -0.15) is 0 Å². The maximum Gasteiger partial charge on any atom is 0.303 e. The van der Waals surface area contributed by atoms with Gasteiger partial charge in [-0.05, 0) is 60.7 Å². The predicted octanol–water partition coefficient (Wildman–Crippen LogP) is 6.71. The van der Waals surface area contributed by atoms with E-state index < -0.39 is 5.97 Å². The number of aromatic nitrogens is 4. The van der Waals surface area contributed by atoms with E-state index in [1.54, 1.807) is 23.2 Å². The standard InChI is InChI=1S/C29H19BrN4O4/c30-18-7-9-24-19(15-18)21(25(35)10-11-27(36)37)16-34(24)29-32-22-8-6-17(26-5-3-13-38-26)14-20(22)28(33-29)23-4-1-2-12-31-23/h1-9,12-16H,10-11H2,(H,36,37). The van der Waals surface area contributed by atoms with Gasteiger partial charge in [-0.3, -0.25) is 19.1 Å². The van der Waals surface area contributed by atoms with Gasteiger partial charge in [0, 0.05) is 45.2 Å². The minimum atomic E-state index is -1.02. The molecular formula is C29H19BrN4O4. The van der Waals surface area contributed by atoms with Crippen LogP contribution in [0.2, 0.25) is 0 Å². The van der Waals surface area contributed by atoms with Crippen molar-refractivity contribution in [1.82, 2.24) is 19.5 Å². The molecular weight excluding hydrogens is 548 g/mol. The number of nitrogens with zero attached hydrogens (tertiary/aromatic N) is 4. The SMILES string of the molecule is O=C(O)CCC(=O)c1cn(-c2nc(-c3ccccn3)c3cc(-c4ccco4)ccc3n2)c2ccc(Br)cc12. The van der Waals surface area contributed by atoms with Crippen LogP contribution in [0.25, 0.3) is 50.5 Å². The Bertz CT molecular complexity index is 1830. The van der Waals surface area contributed by atoms with Gasteiger partial charge in [0.15, 0.2) is 5.78 Å². The number of fused-ring (bicyclic) bond motifs is 2. The lowest BCUT2D eigenvalue weighted by atomic mass is 10.1. The number of furan rings is 1. The van der Waals surface area contributed by atoms with Crippen molar-refractivity contribution < 1.29 is 19.1 Å². The summed E-state index contributed by atoms with van der Waals surface area (Å²) in [6.45, 7) is 0. The summed E-state index contributed by atoms with van der Waals surface area (Å²) in [6.07, 6.45) is 4.68. The number of rotatable bonds is 7. The van der Waals surface area contributed by atoms with E-state index in [9.17, 15) is 9.59 Å². The maximum absolute atomic E-state index is 13.0. The Morgan fingerprint density at radius 1 is 0.947 bits per heavy atom. The van der Waals surface area contributed by atoms with Crippen LogP contribution in [0.5, 0.6) is 0 Å². The van der Waals surface area contributed by atoms with Crippen LogP contribution in [0.3, 0.4) is 0 Å². The summed E-state index contributed by atoms with van der Waals surface area (Å²) in [7, 11) is 0. The summed E-state index contributed by atoms with van der Waals surface area (Å²) in [6, 6.07) is 20.8. The van der Waals surface area contributed by atoms with Crippen molar-refractivity contribution in [1.29, 1.82) is 0 Å². The topological polar surface area (TPSA) is 111 Å². The fraction of sp³-hybridized carbons (Fsp3) is 0.0690. The van der Waals surface area contributed by atoms with Crippen LogP contribution in [0.15, 0.2) is 94.3 Å². The summed E-state index contributed by atoms with van der Waals surface area (Å²) >= 11 is 3.48. The second-order valence-corrected chi connectivity index (χ2v) is 9.60. The summed E-state index contributed by atoms with van der Waals surface area (Å²) in [5.41, 5.74) is 4.04. The Balaban J connectivity index is 1.57. The summed E-state index contributed by atoms with van der Waals surface area (Å²) in [5.74, 6) is -0.180. The smallest absolute Gasteiger partial charge is 0.303 e. The van der Waals surface area contributed by atoms with E-state index in [-0.39, 0.29) is 18.6 Å². The van der Waals surface area contributed by atoms with Gasteiger partial charge in [0.25, 0.3) is 0 Å². The van der Waals surface area contributed by atoms with Crippen LogP contribution in [0.1, 0.15) is 23.2 Å². The number of carboxylic acid groups (broad SMARTS) is 1. The number of pyridine rings is 1. The second kappa shape index (κ2) is 9.68. The molecule has 2 aromatic carbocycles. The first kappa shape index (κ1) is 23.7. The number of hydrogen-bond donors (Lipinski definition) is 1. The molecule has 9 heteroatoms. The molecule has 4 aromatic heterocycles. The highest BCUT2D eigenvalue weighted by Crippen LogP contribution is 2.33. The molecule has 6 aromatic rings. The predicted molar refractivity (Wildman–Crippen MR) is 146 cm³/mol. The van der Waals surface area contributed by atoms with Crippen LogP contribution in [-0.4, -0.2) is 36.4 Å². The molecule has 0 saturated heterocycles. The highest BCUT2D eigenvalue weighted by molar-refractivity contribution is 9.10.